The molecular weight excluding hydrogens is 334 g/mol. The third-order valence-corrected chi connectivity index (χ3v) is 5.00. The number of benzene rings is 1. The summed E-state index contributed by atoms with van der Waals surface area (Å²) in [6.07, 6.45) is 0.223. The van der Waals surface area contributed by atoms with Gasteiger partial charge in [-0.15, -0.1) is 11.3 Å². The van der Waals surface area contributed by atoms with E-state index in [2.05, 4.69) is 10.3 Å². The molecule has 0 spiro atoms. The van der Waals surface area contributed by atoms with Gasteiger partial charge in [0.15, 0.2) is 5.13 Å². The summed E-state index contributed by atoms with van der Waals surface area (Å²) in [4.78, 5) is 30.3. The fourth-order valence-electron chi connectivity index (χ4n) is 2.55. The van der Waals surface area contributed by atoms with Crippen molar-refractivity contribution >= 4 is 39.9 Å². The lowest BCUT2D eigenvalue weighted by atomic mass is 10.1. The highest BCUT2D eigenvalue weighted by Crippen LogP contribution is 2.25. The lowest BCUT2D eigenvalue weighted by Crippen LogP contribution is -2.28. The number of rotatable bonds is 4. The Morgan fingerprint density at radius 1 is 1.48 bits per heavy atom. The number of likely N-dealkylation sites (tertiary alicyclic amines) is 1. The van der Waals surface area contributed by atoms with Crippen LogP contribution in [-0.2, 0) is 16.1 Å². The Kier molecular flexibility index (Phi) is 4.63. The van der Waals surface area contributed by atoms with E-state index in [1.54, 1.807) is 11.0 Å². The average molecular weight is 350 g/mol. The summed E-state index contributed by atoms with van der Waals surface area (Å²) < 4.78 is 0. The van der Waals surface area contributed by atoms with Crippen molar-refractivity contribution in [2.24, 2.45) is 5.92 Å². The Bertz CT molecular complexity index is 746. The number of aromatic nitrogens is 1. The highest BCUT2D eigenvalue weighted by atomic mass is 35.5. The summed E-state index contributed by atoms with van der Waals surface area (Å²) >= 11 is 7.52. The predicted octanol–water partition coefficient (Wildman–Crippen LogP) is 3.09. The molecule has 23 heavy (non-hydrogen) atoms. The van der Waals surface area contributed by atoms with Crippen LogP contribution in [0.25, 0.3) is 0 Å². The molecule has 1 aliphatic heterocycles. The van der Waals surface area contributed by atoms with Crippen LogP contribution in [-0.4, -0.2) is 28.2 Å². The minimum atomic E-state index is -0.353. The lowest BCUT2D eigenvalue weighted by molar-refractivity contribution is -0.128. The Labute approximate surface area is 143 Å². The van der Waals surface area contributed by atoms with Crippen LogP contribution in [0.5, 0.6) is 0 Å². The molecule has 1 N–H and O–H groups in total. The largest absolute Gasteiger partial charge is 0.337 e. The van der Waals surface area contributed by atoms with Crippen LogP contribution in [0, 0.1) is 12.8 Å². The Hall–Kier alpha value is -1.92. The summed E-state index contributed by atoms with van der Waals surface area (Å²) in [6, 6.07) is 7.43. The number of carbonyl (C=O) groups is 2. The Morgan fingerprint density at radius 2 is 2.26 bits per heavy atom. The minimum Gasteiger partial charge on any atom is -0.337 e. The zero-order valence-corrected chi connectivity index (χ0v) is 14.2. The summed E-state index contributed by atoms with van der Waals surface area (Å²) in [7, 11) is 0. The van der Waals surface area contributed by atoms with Gasteiger partial charge in [0, 0.05) is 29.9 Å². The number of anilines is 1. The van der Waals surface area contributed by atoms with Gasteiger partial charge in [-0.2, -0.15) is 0 Å². The van der Waals surface area contributed by atoms with E-state index in [1.807, 2.05) is 30.5 Å². The fraction of sp³-hybridized carbons (Fsp3) is 0.312. The summed E-state index contributed by atoms with van der Waals surface area (Å²) in [6.45, 7) is 2.70. The average Bonchev–Trinajstić information content (AvgIpc) is 3.08. The van der Waals surface area contributed by atoms with Crippen LogP contribution in [0.2, 0.25) is 5.02 Å². The second-order valence-corrected chi connectivity index (χ2v) is 6.82. The third kappa shape index (κ3) is 3.71. The Balaban J connectivity index is 1.63. The number of thiazole rings is 1. The van der Waals surface area contributed by atoms with Gasteiger partial charge >= 0.3 is 0 Å². The molecule has 1 aromatic heterocycles. The van der Waals surface area contributed by atoms with Crippen molar-refractivity contribution < 1.29 is 9.59 Å². The van der Waals surface area contributed by atoms with Crippen LogP contribution in [0.15, 0.2) is 29.6 Å². The second-order valence-electron chi connectivity index (χ2n) is 5.55. The first-order chi connectivity index (χ1) is 11.0. The maximum absolute atomic E-state index is 12.3. The molecule has 120 valence electrons. The highest BCUT2D eigenvalue weighted by Gasteiger charge is 2.34. The van der Waals surface area contributed by atoms with Crippen molar-refractivity contribution in [2.75, 3.05) is 11.9 Å². The number of aryl methyl sites for hydroxylation is 1. The van der Waals surface area contributed by atoms with Gasteiger partial charge in [0.1, 0.15) is 0 Å². The molecule has 0 radical (unpaired) electrons. The molecule has 0 saturated carbocycles. The van der Waals surface area contributed by atoms with Gasteiger partial charge in [-0.25, -0.2) is 4.98 Å². The van der Waals surface area contributed by atoms with E-state index in [1.165, 1.54) is 11.3 Å². The van der Waals surface area contributed by atoms with E-state index in [9.17, 15) is 9.59 Å². The molecule has 2 heterocycles. The first kappa shape index (κ1) is 16.0. The SMILES string of the molecule is Cc1csc(NC(=O)[C@H]2CC(=O)N(Cc3ccccc3Cl)C2)n1. The molecule has 0 bridgehead atoms. The van der Waals surface area contributed by atoms with Crippen molar-refractivity contribution in [3.8, 4) is 0 Å². The third-order valence-electron chi connectivity index (χ3n) is 3.75. The monoisotopic (exact) mass is 349 g/mol. The van der Waals surface area contributed by atoms with Crippen molar-refractivity contribution in [1.29, 1.82) is 0 Å². The zero-order valence-electron chi connectivity index (χ0n) is 12.6. The number of amides is 2. The standard InChI is InChI=1S/C16H16ClN3O2S/c1-10-9-23-16(18-10)19-15(22)12-6-14(21)20(8-12)7-11-4-2-3-5-13(11)17/h2-5,9,12H,6-8H2,1H3,(H,18,19,22)/t12-/m0/s1. The molecule has 0 unspecified atom stereocenters. The minimum absolute atomic E-state index is 0.0274. The van der Waals surface area contributed by atoms with Crippen molar-refractivity contribution in [2.45, 2.75) is 19.9 Å². The molecule has 0 aliphatic carbocycles. The number of nitrogens with one attached hydrogen (secondary N) is 1. The van der Waals surface area contributed by atoms with Crippen LogP contribution in [0.3, 0.4) is 0 Å². The van der Waals surface area contributed by atoms with E-state index < -0.39 is 0 Å². The normalized spacial score (nSPS) is 17.6. The molecule has 5 nitrogen and oxygen atoms in total. The molecule has 1 fully saturated rings. The molecule has 1 aromatic carbocycles. The van der Waals surface area contributed by atoms with Crippen LogP contribution >= 0.6 is 22.9 Å². The predicted molar refractivity (Wildman–Crippen MR) is 90.5 cm³/mol. The van der Waals surface area contributed by atoms with Crippen molar-refractivity contribution in [3.05, 3.63) is 45.9 Å². The van der Waals surface area contributed by atoms with Gasteiger partial charge in [0.25, 0.3) is 0 Å². The van der Waals surface area contributed by atoms with E-state index in [4.69, 9.17) is 11.6 Å². The zero-order chi connectivity index (χ0) is 16.4. The lowest BCUT2D eigenvalue weighted by Gasteiger charge is -2.17. The van der Waals surface area contributed by atoms with E-state index in [0.717, 1.165) is 11.3 Å². The van der Waals surface area contributed by atoms with Crippen LogP contribution in [0.4, 0.5) is 5.13 Å². The number of hydrogen-bond donors (Lipinski definition) is 1. The highest BCUT2D eigenvalue weighted by molar-refractivity contribution is 7.13. The fourth-order valence-corrected chi connectivity index (χ4v) is 3.44. The van der Waals surface area contributed by atoms with Crippen LogP contribution < -0.4 is 5.32 Å². The van der Waals surface area contributed by atoms with E-state index >= 15 is 0 Å². The number of hydrogen-bond acceptors (Lipinski definition) is 4. The first-order valence-corrected chi connectivity index (χ1v) is 8.53. The molecule has 7 heteroatoms. The molecule has 1 aliphatic rings. The van der Waals surface area contributed by atoms with E-state index in [-0.39, 0.29) is 24.2 Å². The number of carbonyl (C=O) groups excluding carboxylic acids is 2. The summed E-state index contributed by atoms with van der Waals surface area (Å²) in [5.41, 5.74) is 1.76. The van der Waals surface area contributed by atoms with Gasteiger partial charge in [-0.3, -0.25) is 9.59 Å². The van der Waals surface area contributed by atoms with Crippen molar-refractivity contribution in [1.82, 2.24) is 9.88 Å². The number of nitrogens with zero attached hydrogens (tertiary/aromatic N) is 2. The maximum atomic E-state index is 12.3. The second kappa shape index (κ2) is 6.68. The first-order valence-electron chi connectivity index (χ1n) is 7.27. The molecule has 1 saturated heterocycles. The van der Waals surface area contributed by atoms with Gasteiger partial charge in [0.2, 0.25) is 11.8 Å². The molecule has 2 aromatic rings. The summed E-state index contributed by atoms with van der Waals surface area (Å²) in [5, 5.41) is 5.86. The molecule has 3 rings (SSSR count). The molecule has 2 amide bonds. The van der Waals surface area contributed by atoms with Gasteiger partial charge in [0.05, 0.1) is 11.6 Å². The topological polar surface area (TPSA) is 62.3 Å². The van der Waals surface area contributed by atoms with E-state index in [0.29, 0.717) is 23.2 Å². The summed E-state index contributed by atoms with van der Waals surface area (Å²) in [5.74, 6) is -0.538. The van der Waals surface area contributed by atoms with Gasteiger partial charge < -0.3 is 10.2 Å². The quantitative estimate of drug-likeness (QED) is 0.922. The smallest absolute Gasteiger partial charge is 0.231 e. The van der Waals surface area contributed by atoms with Gasteiger partial charge in [-0.1, -0.05) is 29.8 Å². The van der Waals surface area contributed by atoms with Crippen molar-refractivity contribution in [3.63, 3.8) is 0 Å². The Morgan fingerprint density at radius 3 is 2.96 bits per heavy atom. The number of halogens is 1. The van der Waals surface area contributed by atoms with Gasteiger partial charge in [-0.05, 0) is 18.6 Å². The van der Waals surface area contributed by atoms with Crippen LogP contribution in [0.1, 0.15) is 17.7 Å². The maximum Gasteiger partial charge on any atom is 0.231 e. The molecular formula is C16H16ClN3O2S. The molecule has 1 atom stereocenters.